The van der Waals surface area contributed by atoms with E-state index in [2.05, 4.69) is 10.3 Å². The lowest BCUT2D eigenvalue weighted by Gasteiger charge is -1.95. The molecule has 0 aliphatic carbocycles. The van der Waals surface area contributed by atoms with Gasteiger partial charge in [0.25, 0.3) is 0 Å². The molecule has 0 radical (unpaired) electrons. The van der Waals surface area contributed by atoms with E-state index in [1.165, 1.54) is 0 Å². The second-order valence-electron chi connectivity index (χ2n) is 2.70. The number of nitrogens with zero attached hydrogens (tertiary/aromatic N) is 1. The smallest absolute Gasteiger partial charge is 0.0852 e. The fraction of sp³-hybridized carbons (Fsp3) is 0.300. The molecule has 1 aromatic heterocycles. The Bertz CT molecular complexity index is 267. The minimum Gasteiger partial charge on any atom is -0.390 e. The highest BCUT2D eigenvalue weighted by molar-refractivity contribution is 5.47. The summed E-state index contributed by atoms with van der Waals surface area (Å²) in [5.74, 6) is 0. The number of pyridine rings is 1. The molecule has 0 aliphatic rings. The van der Waals surface area contributed by atoms with Crippen LogP contribution in [-0.4, -0.2) is 23.7 Å². The van der Waals surface area contributed by atoms with Gasteiger partial charge >= 0.3 is 0 Å². The van der Waals surface area contributed by atoms with E-state index in [4.69, 9.17) is 5.11 Å². The summed E-state index contributed by atoms with van der Waals surface area (Å²) in [6, 6.07) is 3.75. The van der Waals surface area contributed by atoms with Crippen molar-refractivity contribution in [2.75, 3.05) is 13.6 Å². The van der Waals surface area contributed by atoms with Crippen molar-refractivity contribution < 1.29 is 5.11 Å². The summed E-state index contributed by atoms with van der Waals surface area (Å²) in [5, 5.41) is 11.8. The summed E-state index contributed by atoms with van der Waals surface area (Å²) in [6.07, 6.45) is 5.76. The van der Waals surface area contributed by atoms with E-state index in [0.717, 1.165) is 12.1 Å². The molecule has 0 saturated carbocycles. The molecule has 1 aromatic rings. The number of rotatable bonds is 4. The first-order valence-corrected chi connectivity index (χ1v) is 4.23. The number of likely N-dealkylation sites (N-methyl/N-ethyl adjacent to an activating group) is 1. The van der Waals surface area contributed by atoms with E-state index >= 15 is 0 Å². The maximum Gasteiger partial charge on any atom is 0.0852 e. The van der Waals surface area contributed by atoms with Crippen molar-refractivity contribution in [3.05, 3.63) is 35.7 Å². The summed E-state index contributed by atoms with van der Waals surface area (Å²) < 4.78 is 0. The van der Waals surface area contributed by atoms with Gasteiger partial charge in [-0.05, 0) is 18.7 Å². The third kappa shape index (κ3) is 3.36. The molecule has 3 heteroatoms. The van der Waals surface area contributed by atoms with Crippen molar-refractivity contribution in [2.45, 2.75) is 6.61 Å². The van der Waals surface area contributed by atoms with E-state index in [1.807, 2.05) is 31.3 Å². The Balaban J connectivity index is 2.58. The monoisotopic (exact) mass is 178 g/mol. The van der Waals surface area contributed by atoms with Gasteiger partial charge in [0.05, 0.1) is 12.3 Å². The summed E-state index contributed by atoms with van der Waals surface area (Å²) >= 11 is 0. The average Bonchev–Trinajstić information content (AvgIpc) is 2.19. The second-order valence-corrected chi connectivity index (χ2v) is 2.70. The Morgan fingerprint density at radius 3 is 2.92 bits per heavy atom. The van der Waals surface area contributed by atoms with Gasteiger partial charge in [-0.2, -0.15) is 0 Å². The Kier molecular flexibility index (Phi) is 4.15. The number of aliphatic hydroxyl groups is 1. The van der Waals surface area contributed by atoms with Crippen molar-refractivity contribution >= 4 is 6.08 Å². The predicted molar refractivity (Wildman–Crippen MR) is 53.1 cm³/mol. The molecule has 0 aliphatic heterocycles. The van der Waals surface area contributed by atoms with Crippen LogP contribution in [0.4, 0.5) is 0 Å². The van der Waals surface area contributed by atoms with Gasteiger partial charge in [-0.1, -0.05) is 18.2 Å². The number of aromatic nitrogens is 1. The molecule has 13 heavy (non-hydrogen) atoms. The SMILES string of the molecule is CNCC=Cc1ccc(CO)nc1. The highest BCUT2D eigenvalue weighted by atomic mass is 16.3. The number of hydrogen-bond acceptors (Lipinski definition) is 3. The summed E-state index contributed by atoms with van der Waals surface area (Å²) in [5.41, 5.74) is 1.75. The molecule has 3 nitrogen and oxygen atoms in total. The zero-order valence-electron chi connectivity index (χ0n) is 7.70. The van der Waals surface area contributed by atoms with Crippen LogP contribution in [0.5, 0.6) is 0 Å². The summed E-state index contributed by atoms with van der Waals surface area (Å²) in [4.78, 5) is 4.05. The molecule has 0 saturated heterocycles. The van der Waals surface area contributed by atoms with Crippen LogP contribution in [0.3, 0.4) is 0 Å². The summed E-state index contributed by atoms with van der Waals surface area (Å²) in [7, 11) is 1.90. The number of nitrogens with one attached hydrogen (secondary N) is 1. The Labute approximate surface area is 78.1 Å². The first-order valence-electron chi connectivity index (χ1n) is 4.23. The molecule has 70 valence electrons. The lowest BCUT2D eigenvalue weighted by molar-refractivity contribution is 0.277. The lowest BCUT2D eigenvalue weighted by Crippen LogP contribution is -2.03. The van der Waals surface area contributed by atoms with Gasteiger partial charge in [0.1, 0.15) is 0 Å². The van der Waals surface area contributed by atoms with Crippen LogP contribution in [0.25, 0.3) is 6.08 Å². The van der Waals surface area contributed by atoms with Crippen molar-refractivity contribution in [3.8, 4) is 0 Å². The van der Waals surface area contributed by atoms with E-state index in [0.29, 0.717) is 5.69 Å². The van der Waals surface area contributed by atoms with Crippen molar-refractivity contribution in [2.24, 2.45) is 0 Å². The van der Waals surface area contributed by atoms with Gasteiger partial charge < -0.3 is 10.4 Å². The van der Waals surface area contributed by atoms with Gasteiger partial charge in [-0.25, -0.2) is 0 Å². The average molecular weight is 178 g/mol. The topological polar surface area (TPSA) is 45.1 Å². The lowest BCUT2D eigenvalue weighted by atomic mass is 10.2. The van der Waals surface area contributed by atoms with Crippen LogP contribution >= 0.6 is 0 Å². The second kappa shape index (κ2) is 5.45. The maximum absolute atomic E-state index is 8.75. The fourth-order valence-electron chi connectivity index (χ4n) is 0.941. The van der Waals surface area contributed by atoms with Gasteiger partial charge in [0, 0.05) is 12.7 Å². The number of aliphatic hydroxyl groups excluding tert-OH is 1. The zero-order chi connectivity index (χ0) is 9.52. The van der Waals surface area contributed by atoms with E-state index in [1.54, 1.807) is 6.20 Å². The van der Waals surface area contributed by atoms with E-state index in [-0.39, 0.29) is 6.61 Å². The van der Waals surface area contributed by atoms with Crippen molar-refractivity contribution in [3.63, 3.8) is 0 Å². The van der Waals surface area contributed by atoms with Crippen molar-refractivity contribution in [1.82, 2.24) is 10.3 Å². The van der Waals surface area contributed by atoms with Gasteiger partial charge in [-0.15, -0.1) is 0 Å². The quantitative estimate of drug-likeness (QED) is 0.717. The molecule has 1 heterocycles. The molecule has 1 rings (SSSR count). The van der Waals surface area contributed by atoms with Crippen LogP contribution < -0.4 is 5.32 Å². The molecular weight excluding hydrogens is 164 g/mol. The van der Waals surface area contributed by atoms with E-state index < -0.39 is 0 Å². The normalized spacial score (nSPS) is 10.9. The molecule has 0 fully saturated rings. The first-order chi connectivity index (χ1) is 6.36. The standard InChI is InChI=1S/C10H14N2O/c1-11-6-2-3-9-4-5-10(8-13)12-7-9/h2-5,7,11,13H,6,8H2,1H3. The Morgan fingerprint density at radius 1 is 1.54 bits per heavy atom. The molecule has 0 spiro atoms. The third-order valence-electron chi connectivity index (χ3n) is 1.64. The molecule has 0 unspecified atom stereocenters. The minimum atomic E-state index is 0.000506. The summed E-state index contributed by atoms with van der Waals surface area (Å²) in [6.45, 7) is 0.849. The van der Waals surface area contributed by atoms with Gasteiger partial charge in [0.15, 0.2) is 0 Å². The fourth-order valence-corrected chi connectivity index (χ4v) is 0.941. The van der Waals surface area contributed by atoms with Gasteiger partial charge in [-0.3, -0.25) is 4.98 Å². The van der Waals surface area contributed by atoms with Crippen LogP contribution in [0.1, 0.15) is 11.3 Å². The largest absolute Gasteiger partial charge is 0.390 e. The predicted octanol–water partition coefficient (Wildman–Crippen LogP) is 0.806. The van der Waals surface area contributed by atoms with Crippen molar-refractivity contribution in [1.29, 1.82) is 0 Å². The molecule has 0 bridgehead atoms. The molecular formula is C10H14N2O. The van der Waals surface area contributed by atoms with Crippen LogP contribution in [-0.2, 0) is 6.61 Å². The minimum absolute atomic E-state index is 0.000506. The Morgan fingerprint density at radius 2 is 2.38 bits per heavy atom. The molecule has 0 atom stereocenters. The number of hydrogen-bond donors (Lipinski definition) is 2. The maximum atomic E-state index is 8.75. The first kappa shape index (κ1) is 9.89. The van der Waals surface area contributed by atoms with Crippen LogP contribution in [0.15, 0.2) is 24.4 Å². The molecule has 2 N–H and O–H groups in total. The molecule has 0 aromatic carbocycles. The Hall–Kier alpha value is -1.19. The third-order valence-corrected chi connectivity index (χ3v) is 1.64. The highest BCUT2D eigenvalue weighted by Gasteiger charge is 1.90. The van der Waals surface area contributed by atoms with Gasteiger partial charge in [0.2, 0.25) is 0 Å². The van der Waals surface area contributed by atoms with Crippen LogP contribution in [0.2, 0.25) is 0 Å². The molecule has 0 amide bonds. The van der Waals surface area contributed by atoms with E-state index in [9.17, 15) is 0 Å². The van der Waals surface area contributed by atoms with Crippen LogP contribution in [0, 0.1) is 0 Å². The highest BCUT2D eigenvalue weighted by Crippen LogP contribution is 2.01. The zero-order valence-corrected chi connectivity index (χ0v) is 7.70.